The van der Waals surface area contributed by atoms with Crippen LogP contribution in [0.15, 0.2) is 11.4 Å². The maximum absolute atomic E-state index is 10.6. The Morgan fingerprint density at radius 1 is 1.64 bits per heavy atom. The third kappa shape index (κ3) is 2.30. The van der Waals surface area contributed by atoms with Gasteiger partial charge in [-0.1, -0.05) is 11.8 Å². The number of aliphatic hydroxyl groups is 1. The molecular weight excluding hydrogens is 208 g/mol. The van der Waals surface area contributed by atoms with Crippen molar-refractivity contribution in [1.82, 2.24) is 9.97 Å². The van der Waals surface area contributed by atoms with Crippen LogP contribution in [-0.4, -0.2) is 32.4 Å². The lowest BCUT2D eigenvalue weighted by Gasteiger charge is -2.01. The van der Waals surface area contributed by atoms with Crippen LogP contribution in [0, 0.1) is 10.1 Å². The Bertz CT molecular complexity index is 346. The van der Waals surface area contributed by atoms with Crippen molar-refractivity contribution in [3.63, 3.8) is 0 Å². The van der Waals surface area contributed by atoms with E-state index in [4.69, 9.17) is 10.8 Å². The molecule has 1 aromatic heterocycles. The van der Waals surface area contributed by atoms with Crippen LogP contribution in [-0.2, 0) is 0 Å². The molecule has 0 saturated heterocycles. The molecule has 1 rings (SSSR count). The standard InChI is InChI=1S/C6H8N4O3S/c7-5-4(10(12)13)6(9-3-8-5)14-2-1-11/h3,11H,1-2H2,(H2,7,8,9). The Hall–Kier alpha value is -1.41. The van der Waals surface area contributed by atoms with Gasteiger partial charge in [-0.25, -0.2) is 9.97 Å². The lowest BCUT2D eigenvalue weighted by Crippen LogP contribution is -2.02. The van der Waals surface area contributed by atoms with Gasteiger partial charge in [0.2, 0.25) is 5.82 Å². The van der Waals surface area contributed by atoms with Gasteiger partial charge < -0.3 is 10.8 Å². The number of rotatable bonds is 4. The van der Waals surface area contributed by atoms with E-state index in [1.807, 2.05) is 0 Å². The highest BCUT2D eigenvalue weighted by molar-refractivity contribution is 7.99. The van der Waals surface area contributed by atoms with E-state index in [0.29, 0.717) is 5.75 Å². The lowest BCUT2D eigenvalue weighted by molar-refractivity contribution is -0.387. The van der Waals surface area contributed by atoms with Crippen molar-refractivity contribution in [3.8, 4) is 0 Å². The quantitative estimate of drug-likeness (QED) is 0.316. The van der Waals surface area contributed by atoms with Crippen LogP contribution in [0.2, 0.25) is 0 Å². The van der Waals surface area contributed by atoms with E-state index in [2.05, 4.69) is 9.97 Å². The first-order valence-corrected chi connectivity index (χ1v) is 4.64. The number of hydrogen-bond donors (Lipinski definition) is 2. The van der Waals surface area contributed by atoms with Gasteiger partial charge in [-0.05, 0) is 0 Å². The molecule has 0 bridgehead atoms. The van der Waals surface area contributed by atoms with Gasteiger partial charge in [0.1, 0.15) is 6.33 Å². The summed E-state index contributed by atoms with van der Waals surface area (Å²) in [7, 11) is 0. The Kier molecular flexibility index (Phi) is 3.60. The fraction of sp³-hybridized carbons (Fsp3) is 0.333. The summed E-state index contributed by atoms with van der Waals surface area (Å²) in [5.74, 6) is 0.169. The maximum Gasteiger partial charge on any atom is 0.343 e. The van der Waals surface area contributed by atoms with Crippen LogP contribution in [0.4, 0.5) is 11.5 Å². The summed E-state index contributed by atoms with van der Waals surface area (Å²) in [5.41, 5.74) is 5.03. The first-order valence-electron chi connectivity index (χ1n) is 3.65. The van der Waals surface area contributed by atoms with Gasteiger partial charge in [0.25, 0.3) is 0 Å². The number of nitrogen functional groups attached to an aromatic ring is 1. The predicted octanol–water partition coefficient (Wildman–Crippen LogP) is 0.0514. The molecule has 14 heavy (non-hydrogen) atoms. The summed E-state index contributed by atoms with van der Waals surface area (Å²) in [6.45, 7) is -0.0777. The molecular formula is C6H8N4O3S. The molecule has 1 heterocycles. The van der Waals surface area contributed by atoms with Gasteiger partial charge in [-0.3, -0.25) is 10.1 Å². The zero-order valence-corrected chi connectivity index (χ0v) is 7.90. The largest absolute Gasteiger partial charge is 0.396 e. The van der Waals surface area contributed by atoms with Crippen molar-refractivity contribution < 1.29 is 10.0 Å². The average molecular weight is 216 g/mol. The van der Waals surface area contributed by atoms with Crippen LogP contribution >= 0.6 is 11.8 Å². The number of aromatic nitrogens is 2. The van der Waals surface area contributed by atoms with Gasteiger partial charge in [-0.2, -0.15) is 0 Å². The first-order chi connectivity index (χ1) is 6.66. The minimum atomic E-state index is -0.630. The van der Waals surface area contributed by atoms with E-state index in [9.17, 15) is 10.1 Å². The Morgan fingerprint density at radius 3 is 2.93 bits per heavy atom. The number of nitrogens with two attached hydrogens (primary N) is 1. The molecule has 0 atom stereocenters. The number of aliphatic hydroxyl groups excluding tert-OH is 1. The lowest BCUT2D eigenvalue weighted by atomic mass is 10.5. The summed E-state index contributed by atoms with van der Waals surface area (Å²) >= 11 is 1.07. The van der Waals surface area contributed by atoms with E-state index in [0.717, 1.165) is 18.1 Å². The molecule has 0 aliphatic rings. The minimum Gasteiger partial charge on any atom is -0.396 e. The number of nitrogens with zero attached hydrogens (tertiary/aromatic N) is 3. The second-order valence-electron chi connectivity index (χ2n) is 2.24. The zero-order chi connectivity index (χ0) is 10.6. The SMILES string of the molecule is Nc1ncnc(SCCO)c1[N+](=O)[O-]. The normalized spacial score (nSPS) is 10.1. The van der Waals surface area contributed by atoms with Gasteiger partial charge in [0.05, 0.1) is 11.5 Å². The third-order valence-corrected chi connectivity index (χ3v) is 2.29. The highest BCUT2D eigenvalue weighted by Crippen LogP contribution is 2.29. The van der Waals surface area contributed by atoms with Crippen molar-refractivity contribution in [2.45, 2.75) is 5.03 Å². The fourth-order valence-corrected chi connectivity index (χ4v) is 1.52. The van der Waals surface area contributed by atoms with E-state index >= 15 is 0 Å². The number of hydrogen-bond acceptors (Lipinski definition) is 7. The smallest absolute Gasteiger partial charge is 0.343 e. The monoisotopic (exact) mass is 216 g/mol. The topological polar surface area (TPSA) is 115 Å². The van der Waals surface area contributed by atoms with Crippen LogP contribution in [0.1, 0.15) is 0 Å². The minimum absolute atomic E-state index is 0.0777. The highest BCUT2D eigenvalue weighted by atomic mass is 32.2. The van der Waals surface area contributed by atoms with Crippen LogP contribution in [0.3, 0.4) is 0 Å². The first kappa shape index (κ1) is 10.7. The molecule has 7 nitrogen and oxygen atoms in total. The molecule has 0 amide bonds. The predicted molar refractivity (Wildman–Crippen MR) is 50.9 cm³/mol. The van der Waals surface area contributed by atoms with E-state index in [1.165, 1.54) is 0 Å². The molecule has 0 unspecified atom stereocenters. The van der Waals surface area contributed by atoms with Gasteiger partial charge in [0, 0.05) is 5.75 Å². The third-order valence-electron chi connectivity index (χ3n) is 1.33. The van der Waals surface area contributed by atoms with E-state index in [-0.39, 0.29) is 23.1 Å². The molecule has 0 aliphatic carbocycles. The summed E-state index contributed by atoms with van der Waals surface area (Å²) in [6, 6.07) is 0. The second kappa shape index (κ2) is 4.72. The summed E-state index contributed by atoms with van der Waals surface area (Å²) < 4.78 is 0. The second-order valence-corrected chi connectivity index (χ2v) is 3.33. The highest BCUT2D eigenvalue weighted by Gasteiger charge is 2.20. The van der Waals surface area contributed by atoms with Gasteiger partial charge >= 0.3 is 5.69 Å². The maximum atomic E-state index is 10.6. The number of thioether (sulfide) groups is 1. The molecule has 0 saturated carbocycles. The van der Waals surface area contributed by atoms with Crippen molar-refractivity contribution in [1.29, 1.82) is 0 Å². The Morgan fingerprint density at radius 2 is 2.36 bits per heavy atom. The molecule has 0 fully saturated rings. The number of anilines is 1. The van der Waals surface area contributed by atoms with Crippen molar-refractivity contribution in [3.05, 3.63) is 16.4 Å². The fourth-order valence-electron chi connectivity index (χ4n) is 0.795. The van der Waals surface area contributed by atoms with Crippen LogP contribution < -0.4 is 5.73 Å². The van der Waals surface area contributed by atoms with Crippen LogP contribution in [0.25, 0.3) is 0 Å². The van der Waals surface area contributed by atoms with E-state index in [1.54, 1.807) is 0 Å². The van der Waals surface area contributed by atoms with Crippen molar-refractivity contribution in [2.75, 3.05) is 18.1 Å². The van der Waals surface area contributed by atoms with Gasteiger partial charge in [0.15, 0.2) is 5.03 Å². The van der Waals surface area contributed by atoms with Crippen molar-refractivity contribution in [2.24, 2.45) is 0 Å². The zero-order valence-electron chi connectivity index (χ0n) is 7.08. The number of nitro groups is 1. The molecule has 8 heteroatoms. The molecule has 0 aromatic carbocycles. The Labute approximate surface area is 83.5 Å². The molecule has 76 valence electrons. The molecule has 3 N–H and O–H groups in total. The molecule has 0 radical (unpaired) electrons. The van der Waals surface area contributed by atoms with Crippen molar-refractivity contribution >= 4 is 23.3 Å². The summed E-state index contributed by atoms with van der Waals surface area (Å²) in [6.07, 6.45) is 1.15. The Balaban J connectivity index is 3.02. The van der Waals surface area contributed by atoms with Gasteiger partial charge in [-0.15, -0.1) is 0 Å². The summed E-state index contributed by atoms with van der Waals surface area (Å²) in [4.78, 5) is 17.2. The van der Waals surface area contributed by atoms with E-state index < -0.39 is 4.92 Å². The van der Waals surface area contributed by atoms with Crippen LogP contribution in [0.5, 0.6) is 0 Å². The summed E-state index contributed by atoms with van der Waals surface area (Å²) in [5, 5.41) is 19.3. The molecule has 0 aliphatic heterocycles. The average Bonchev–Trinajstić information content (AvgIpc) is 2.14. The molecule has 0 spiro atoms. The molecule has 1 aromatic rings.